The lowest BCUT2D eigenvalue weighted by molar-refractivity contribution is -0.157. The van der Waals surface area contributed by atoms with Crippen LogP contribution in [0.2, 0.25) is 0 Å². The number of carbonyl (C=O) groups excluding carboxylic acids is 1. The third-order valence-electron chi connectivity index (χ3n) is 7.49. The minimum Gasteiger partial charge on any atom is -0.462 e. The van der Waals surface area contributed by atoms with E-state index >= 15 is 0 Å². The molecule has 6 heteroatoms. The fourth-order valence-electron chi connectivity index (χ4n) is 5.52. The van der Waals surface area contributed by atoms with Crippen LogP contribution in [0.4, 0.5) is 17.6 Å². The smallest absolute Gasteiger partial charge is 0.442 e. The SMILES string of the molecule is CC1CCC(C2CCC(C(=O)OC3CCC(C=C(F)C(F)(F)F)CC3)CC2)CC1. The van der Waals surface area contributed by atoms with Crippen molar-refractivity contribution in [3.8, 4) is 0 Å². The Balaban J connectivity index is 1.37. The summed E-state index contributed by atoms with van der Waals surface area (Å²) in [7, 11) is 0. The van der Waals surface area contributed by atoms with Gasteiger partial charge in [0.15, 0.2) is 5.83 Å². The molecule has 3 rings (SSSR count). The van der Waals surface area contributed by atoms with Gasteiger partial charge in [-0.2, -0.15) is 13.2 Å². The summed E-state index contributed by atoms with van der Waals surface area (Å²) < 4.78 is 55.7. The monoisotopic (exact) mass is 418 g/mol. The van der Waals surface area contributed by atoms with Crippen molar-refractivity contribution in [1.82, 2.24) is 0 Å². The minimum atomic E-state index is -4.90. The van der Waals surface area contributed by atoms with Gasteiger partial charge in [0.05, 0.1) is 5.92 Å². The van der Waals surface area contributed by atoms with Gasteiger partial charge in [-0.05, 0) is 94.0 Å². The first-order valence-corrected chi connectivity index (χ1v) is 11.4. The molecule has 0 spiro atoms. The van der Waals surface area contributed by atoms with Crippen LogP contribution in [-0.4, -0.2) is 18.2 Å². The van der Waals surface area contributed by atoms with Crippen LogP contribution in [0.15, 0.2) is 11.9 Å². The van der Waals surface area contributed by atoms with E-state index in [1.807, 2.05) is 0 Å². The first kappa shape index (κ1) is 22.6. The zero-order chi connectivity index (χ0) is 21.0. The molecule has 0 heterocycles. The van der Waals surface area contributed by atoms with E-state index in [1.54, 1.807) is 0 Å². The molecule has 3 fully saturated rings. The van der Waals surface area contributed by atoms with Gasteiger partial charge in [-0.1, -0.05) is 19.8 Å². The Morgan fingerprint density at radius 1 is 0.828 bits per heavy atom. The second-order valence-corrected chi connectivity index (χ2v) is 9.62. The number of hydrogen-bond donors (Lipinski definition) is 0. The Kier molecular flexibility index (Phi) is 7.66. The first-order valence-electron chi connectivity index (χ1n) is 11.4. The Hall–Kier alpha value is -1.07. The van der Waals surface area contributed by atoms with Crippen LogP contribution >= 0.6 is 0 Å². The summed E-state index contributed by atoms with van der Waals surface area (Å²) in [5.41, 5.74) is 0. The van der Waals surface area contributed by atoms with Crippen molar-refractivity contribution < 1.29 is 27.1 Å². The number of alkyl halides is 3. The molecular weight excluding hydrogens is 384 g/mol. The fraction of sp³-hybridized carbons (Fsp3) is 0.870. The van der Waals surface area contributed by atoms with Crippen LogP contribution < -0.4 is 0 Å². The van der Waals surface area contributed by atoms with Crippen LogP contribution in [0.5, 0.6) is 0 Å². The highest BCUT2D eigenvalue weighted by Crippen LogP contribution is 2.42. The zero-order valence-electron chi connectivity index (χ0n) is 17.4. The lowest BCUT2D eigenvalue weighted by Gasteiger charge is -2.37. The third kappa shape index (κ3) is 6.45. The van der Waals surface area contributed by atoms with Gasteiger partial charge in [0.1, 0.15) is 6.10 Å². The standard InChI is InChI=1S/C23H34F4O2/c1-15-2-6-17(7-3-15)18-8-10-19(11-9-18)22(28)29-20-12-4-16(5-13-20)14-21(24)23(25,26)27/h14-20H,2-13H2,1H3. The van der Waals surface area contributed by atoms with Crippen LogP contribution in [0.25, 0.3) is 0 Å². The van der Waals surface area contributed by atoms with E-state index in [4.69, 9.17) is 4.74 Å². The second kappa shape index (κ2) is 9.82. The summed E-state index contributed by atoms with van der Waals surface area (Å²) >= 11 is 0. The highest BCUT2D eigenvalue weighted by atomic mass is 19.4. The van der Waals surface area contributed by atoms with E-state index in [9.17, 15) is 22.4 Å². The molecule has 29 heavy (non-hydrogen) atoms. The molecular formula is C23H34F4O2. The fourth-order valence-corrected chi connectivity index (χ4v) is 5.52. The molecule has 0 aliphatic heterocycles. The summed E-state index contributed by atoms with van der Waals surface area (Å²) in [6.45, 7) is 2.33. The molecule has 0 saturated heterocycles. The van der Waals surface area contributed by atoms with E-state index in [0.717, 1.165) is 43.4 Å². The number of allylic oxidation sites excluding steroid dienone is 2. The Morgan fingerprint density at radius 3 is 1.86 bits per heavy atom. The molecule has 0 aromatic heterocycles. The van der Waals surface area contributed by atoms with Gasteiger partial charge in [-0.3, -0.25) is 4.79 Å². The van der Waals surface area contributed by atoms with Crippen molar-refractivity contribution in [2.24, 2.45) is 29.6 Å². The molecule has 0 N–H and O–H groups in total. The van der Waals surface area contributed by atoms with Gasteiger partial charge >= 0.3 is 12.1 Å². The number of carbonyl (C=O) groups is 1. The van der Waals surface area contributed by atoms with Crippen molar-refractivity contribution in [2.75, 3.05) is 0 Å². The summed E-state index contributed by atoms with van der Waals surface area (Å²) in [4.78, 5) is 12.5. The van der Waals surface area contributed by atoms with E-state index in [2.05, 4.69) is 6.92 Å². The van der Waals surface area contributed by atoms with Crippen molar-refractivity contribution in [1.29, 1.82) is 0 Å². The van der Waals surface area contributed by atoms with E-state index < -0.39 is 17.9 Å². The first-order chi connectivity index (χ1) is 13.7. The van der Waals surface area contributed by atoms with Crippen LogP contribution in [-0.2, 0) is 9.53 Å². The second-order valence-electron chi connectivity index (χ2n) is 9.62. The summed E-state index contributed by atoms with van der Waals surface area (Å²) in [5, 5.41) is 0. The maximum absolute atomic E-state index is 13.1. The van der Waals surface area contributed by atoms with E-state index in [-0.39, 0.29) is 18.0 Å². The number of hydrogen-bond acceptors (Lipinski definition) is 2. The van der Waals surface area contributed by atoms with Crippen molar-refractivity contribution >= 4 is 5.97 Å². The van der Waals surface area contributed by atoms with E-state index in [0.29, 0.717) is 31.8 Å². The number of halogens is 4. The highest BCUT2D eigenvalue weighted by Gasteiger charge is 2.37. The predicted octanol–water partition coefficient (Wildman–Crippen LogP) is 7.14. The van der Waals surface area contributed by atoms with Gasteiger partial charge in [0, 0.05) is 0 Å². The molecule has 0 aromatic rings. The van der Waals surface area contributed by atoms with Crippen LogP contribution in [0, 0.1) is 29.6 Å². The number of ether oxygens (including phenoxy) is 1. The predicted molar refractivity (Wildman–Crippen MR) is 104 cm³/mol. The largest absolute Gasteiger partial charge is 0.462 e. The summed E-state index contributed by atoms with van der Waals surface area (Å²) in [6, 6.07) is 0. The summed E-state index contributed by atoms with van der Waals surface area (Å²) in [5.74, 6) is -0.188. The molecule has 0 unspecified atom stereocenters. The molecule has 0 aromatic carbocycles. The van der Waals surface area contributed by atoms with Gasteiger partial charge in [-0.25, -0.2) is 4.39 Å². The minimum absolute atomic E-state index is 0.0333. The average molecular weight is 419 g/mol. The molecule has 3 saturated carbocycles. The van der Waals surface area contributed by atoms with Gasteiger partial charge < -0.3 is 4.74 Å². The maximum atomic E-state index is 13.1. The van der Waals surface area contributed by atoms with Gasteiger partial charge in [0.25, 0.3) is 0 Å². The molecule has 0 radical (unpaired) electrons. The highest BCUT2D eigenvalue weighted by molar-refractivity contribution is 5.72. The van der Waals surface area contributed by atoms with Crippen LogP contribution in [0.1, 0.15) is 84.0 Å². The molecule has 0 amide bonds. The quantitative estimate of drug-likeness (QED) is 0.358. The zero-order valence-corrected chi connectivity index (χ0v) is 17.4. The van der Waals surface area contributed by atoms with Crippen molar-refractivity contribution in [2.45, 2.75) is 96.3 Å². The topological polar surface area (TPSA) is 26.3 Å². The van der Waals surface area contributed by atoms with Crippen molar-refractivity contribution in [3.05, 3.63) is 11.9 Å². The molecule has 166 valence electrons. The molecule has 3 aliphatic rings. The Labute approximate surface area is 171 Å². The van der Waals surface area contributed by atoms with Gasteiger partial charge in [0.2, 0.25) is 0 Å². The molecule has 2 nitrogen and oxygen atoms in total. The number of esters is 1. The lowest BCUT2D eigenvalue weighted by atomic mass is 9.69. The molecule has 0 atom stereocenters. The van der Waals surface area contributed by atoms with Gasteiger partial charge in [-0.15, -0.1) is 0 Å². The number of rotatable bonds is 4. The van der Waals surface area contributed by atoms with Crippen molar-refractivity contribution in [3.63, 3.8) is 0 Å². The van der Waals surface area contributed by atoms with Crippen LogP contribution in [0.3, 0.4) is 0 Å². The Bertz CT molecular complexity index is 562. The third-order valence-corrected chi connectivity index (χ3v) is 7.49. The normalized spacial score (nSPS) is 37.2. The molecule has 0 bridgehead atoms. The summed E-state index contributed by atoms with van der Waals surface area (Å²) in [6.07, 6.45) is 6.72. The molecule has 3 aliphatic carbocycles. The maximum Gasteiger partial charge on any atom is 0.442 e. The van der Waals surface area contributed by atoms with E-state index in [1.165, 1.54) is 25.7 Å². The average Bonchev–Trinajstić information content (AvgIpc) is 2.69. The lowest BCUT2D eigenvalue weighted by Crippen LogP contribution is -2.32. The Morgan fingerprint density at radius 2 is 1.34 bits per heavy atom.